The number of rotatable bonds is 4. The number of carbonyl (C=O) groups is 2. The van der Waals surface area contributed by atoms with Crippen molar-refractivity contribution >= 4 is 11.9 Å². The Labute approximate surface area is 117 Å². The average molecular weight is 280 g/mol. The Balaban J connectivity index is 2.51. The lowest BCUT2D eigenvalue weighted by Gasteiger charge is -2.19. The number of aromatic nitrogens is 1. The summed E-state index contributed by atoms with van der Waals surface area (Å²) in [6.45, 7) is 7.03. The zero-order valence-electron chi connectivity index (χ0n) is 12.2. The summed E-state index contributed by atoms with van der Waals surface area (Å²) < 4.78 is 5.08. The predicted molar refractivity (Wildman–Crippen MR) is 75.0 cm³/mol. The molecule has 0 aliphatic heterocycles. The molecule has 0 aromatic carbocycles. The van der Waals surface area contributed by atoms with Gasteiger partial charge >= 0.3 is 6.09 Å². The van der Waals surface area contributed by atoms with Gasteiger partial charge in [0, 0.05) is 18.7 Å². The number of amides is 1. The van der Waals surface area contributed by atoms with E-state index < -0.39 is 17.3 Å². The van der Waals surface area contributed by atoms with E-state index in [2.05, 4.69) is 10.3 Å². The molecule has 110 valence electrons. The quantitative estimate of drug-likeness (QED) is 0.821. The Bertz CT molecular complexity index is 555. The van der Waals surface area contributed by atoms with Gasteiger partial charge in [0.05, 0.1) is 5.56 Å². The van der Waals surface area contributed by atoms with Crippen molar-refractivity contribution in [1.82, 2.24) is 10.3 Å². The Morgan fingerprint density at radius 2 is 1.95 bits per heavy atom. The van der Waals surface area contributed by atoms with Crippen LogP contribution in [0.3, 0.4) is 0 Å². The predicted octanol–water partition coefficient (Wildman–Crippen LogP) is 1.64. The zero-order valence-corrected chi connectivity index (χ0v) is 12.2. The van der Waals surface area contributed by atoms with E-state index in [-0.39, 0.29) is 11.3 Å². The Hall–Kier alpha value is -2.11. The first-order valence-corrected chi connectivity index (χ1v) is 6.39. The molecule has 20 heavy (non-hydrogen) atoms. The monoisotopic (exact) mass is 280 g/mol. The molecule has 1 aromatic heterocycles. The molecule has 0 radical (unpaired) electrons. The van der Waals surface area contributed by atoms with Crippen LogP contribution in [0.1, 0.15) is 43.7 Å². The number of hydrogen-bond donors (Lipinski definition) is 2. The van der Waals surface area contributed by atoms with E-state index in [0.29, 0.717) is 18.7 Å². The van der Waals surface area contributed by atoms with Crippen molar-refractivity contribution in [3.8, 4) is 0 Å². The summed E-state index contributed by atoms with van der Waals surface area (Å²) in [7, 11) is 0. The zero-order chi connectivity index (χ0) is 15.3. The van der Waals surface area contributed by atoms with Crippen LogP contribution in [0.15, 0.2) is 16.9 Å². The van der Waals surface area contributed by atoms with Crippen LogP contribution in [0.2, 0.25) is 0 Å². The Kier molecular flexibility index (Phi) is 5.07. The van der Waals surface area contributed by atoms with Crippen LogP contribution in [0, 0.1) is 0 Å². The summed E-state index contributed by atoms with van der Waals surface area (Å²) in [5.74, 6) is -0.273. The SMILES string of the molecule is CC(=O)c1ccc(CCNC(=O)OC(C)(C)C)[nH]c1=O. The molecule has 0 saturated heterocycles. The second kappa shape index (κ2) is 6.36. The second-order valence-corrected chi connectivity index (χ2v) is 5.46. The standard InChI is InChI=1S/C14H20N2O4/c1-9(17)11-6-5-10(16-12(11)18)7-8-15-13(19)20-14(2,3)4/h5-6H,7-8H2,1-4H3,(H,15,19)(H,16,18). The Morgan fingerprint density at radius 1 is 1.30 bits per heavy atom. The summed E-state index contributed by atoms with van der Waals surface area (Å²) >= 11 is 0. The van der Waals surface area contributed by atoms with Crippen molar-refractivity contribution < 1.29 is 14.3 Å². The number of carbonyl (C=O) groups excluding carboxylic acids is 2. The average Bonchev–Trinajstić information content (AvgIpc) is 2.25. The highest BCUT2D eigenvalue weighted by atomic mass is 16.6. The minimum absolute atomic E-state index is 0.133. The van der Waals surface area contributed by atoms with Gasteiger partial charge in [0.15, 0.2) is 5.78 Å². The topological polar surface area (TPSA) is 88.3 Å². The van der Waals surface area contributed by atoms with Gasteiger partial charge in [-0.25, -0.2) is 4.79 Å². The van der Waals surface area contributed by atoms with Gasteiger partial charge in [-0.1, -0.05) is 0 Å². The lowest BCUT2D eigenvalue weighted by Crippen LogP contribution is -2.33. The van der Waals surface area contributed by atoms with Crippen molar-refractivity contribution in [3.05, 3.63) is 33.7 Å². The summed E-state index contributed by atoms with van der Waals surface area (Å²) in [5.41, 5.74) is -0.168. The maximum Gasteiger partial charge on any atom is 0.407 e. The number of nitrogens with one attached hydrogen (secondary N) is 2. The van der Waals surface area contributed by atoms with Gasteiger partial charge in [-0.2, -0.15) is 0 Å². The molecule has 0 atom stereocenters. The lowest BCUT2D eigenvalue weighted by molar-refractivity contribution is 0.0528. The number of hydrogen-bond acceptors (Lipinski definition) is 4. The van der Waals surface area contributed by atoms with Crippen molar-refractivity contribution in [2.75, 3.05) is 6.54 Å². The fourth-order valence-electron chi connectivity index (χ4n) is 1.55. The third-order valence-electron chi connectivity index (χ3n) is 2.41. The number of H-pyrrole nitrogens is 1. The first-order chi connectivity index (χ1) is 9.19. The molecule has 0 aliphatic rings. The summed E-state index contributed by atoms with van der Waals surface area (Å²) in [4.78, 5) is 36.7. The fraction of sp³-hybridized carbons (Fsp3) is 0.500. The van der Waals surface area contributed by atoms with Crippen molar-refractivity contribution in [3.63, 3.8) is 0 Å². The first kappa shape index (κ1) is 15.9. The first-order valence-electron chi connectivity index (χ1n) is 6.39. The maximum atomic E-state index is 11.6. The van der Waals surface area contributed by atoms with Crippen LogP contribution in [-0.4, -0.2) is 29.0 Å². The largest absolute Gasteiger partial charge is 0.444 e. The second-order valence-electron chi connectivity index (χ2n) is 5.46. The third-order valence-corrected chi connectivity index (χ3v) is 2.41. The number of pyridine rings is 1. The van der Waals surface area contributed by atoms with Gasteiger partial charge in [-0.3, -0.25) is 9.59 Å². The van der Waals surface area contributed by atoms with Gasteiger partial charge in [-0.05, 0) is 39.8 Å². The molecular weight excluding hydrogens is 260 g/mol. The smallest absolute Gasteiger partial charge is 0.407 e. The van der Waals surface area contributed by atoms with E-state index in [0.717, 1.165) is 0 Å². The van der Waals surface area contributed by atoms with Gasteiger partial charge in [-0.15, -0.1) is 0 Å². The van der Waals surface area contributed by atoms with Gasteiger partial charge in [0.1, 0.15) is 5.60 Å². The van der Waals surface area contributed by atoms with E-state index in [1.807, 2.05) is 0 Å². The minimum atomic E-state index is -0.540. The molecule has 1 aromatic rings. The molecule has 6 nitrogen and oxygen atoms in total. The Morgan fingerprint density at radius 3 is 2.45 bits per heavy atom. The number of ether oxygens (including phenoxy) is 1. The maximum absolute atomic E-state index is 11.6. The molecule has 1 rings (SSSR count). The summed E-state index contributed by atoms with van der Waals surface area (Å²) in [5, 5.41) is 2.59. The van der Waals surface area contributed by atoms with Crippen molar-refractivity contribution in [2.24, 2.45) is 0 Å². The van der Waals surface area contributed by atoms with Crippen LogP contribution in [-0.2, 0) is 11.2 Å². The van der Waals surface area contributed by atoms with E-state index in [9.17, 15) is 14.4 Å². The lowest BCUT2D eigenvalue weighted by atomic mass is 10.1. The van der Waals surface area contributed by atoms with E-state index in [1.54, 1.807) is 26.8 Å². The van der Waals surface area contributed by atoms with Crippen LogP contribution in [0.25, 0.3) is 0 Å². The molecular formula is C14H20N2O4. The normalized spacial score (nSPS) is 11.0. The fourth-order valence-corrected chi connectivity index (χ4v) is 1.55. The van der Waals surface area contributed by atoms with Crippen molar-refractivity contribution in [2.45, 2.75) is 39.7 Å². The van der Waals surface area contributed by atoms with Crippen LogP contribution < -0.4 is 10.9 Å². The third kappa shape index (κ3) is 5.26. The highest BCUT2D eigenvalue weighted by Gasteiger charge is 2.15. The molecule has 0 aliphatic carbocycles. The van der Waals surface area contributed by atoms with Crippen molar-refractivity contribution in [1.29, 1.82) is 0 Å². The minimum Gasteiger partial charge on any atom is -0.444 e. The molecule has 1 amide bonds. The highest BCUT2D eigenvalue weighted by Crippen LogP contribution is 2.06. The van der Waals surface area contributed by atoms with E-state index in [1.165, 1.54) is 13.0 Å². The highest BCUT2D eigenvalue weighted by molar-refractivity contribution is 5.93. The molecule has 0 bridgehead atoms. The molecule has 0 fully saturated rings. The molecule has 0 unspecified atom stereocenters. The summed E-state index contributed by atoms with van der Waals surface area (Å²) in [6, 6.07) is 3.15. The number of alkyl carbamates (subject to hydrolysis) is 1. The van der Waals surface area contributed by atoms with Crippen LogP contribution in [0.5, 0.6) is 0 Å². The molecule has 2 N–H and O–H groups in total. The molecule has 0 spiro atoms. The number of Topliss-reactive ketones (excluding diaryl/α,β-unsaturated/α-hetero) is 1. The summed E-state index contributed by atoms with van der Waals surface area (Å²) in [6.07, 6.45) is -0.0488. The molecule has 6 heteroatoms. The molecule has 1 heterocycles. The molecule has 0 saturated carbocycles. The number of aromatic amines is 1. The van der Waals surface area contributed by atoms with Crippen LogP contribution >= 0.6 is 0 Å². The van der Waals surface area contributed by atoms with E-state index >= 15 is 0 Å². The number of ketones is 1. The van der Waals surface area contributed by atoms with Gasteiger partial charge in [0.25, 0.3) is 5.56 Å². The van der Waals surface area contributed by atoms with E-state index in [4.69, 9.17) is 4.74 Å². The van der Waals surface area contributed by atoms with Crippen LogP contribution in [0.4, 0.5) is 4.79 Å². The van der Waals surface area contributed by atoms with Gasteiger partial charge in [0.2, 0.25) is 0 Å². The van der Waals surface area contributed by atoms with Gasteiger partial charge < -0.3 is 15.0 Å².